The largest absolute Gasteiger partial charge is 0.347 e. The lowest BCUT2D eigenvalue weighted by Gasteiger charge is -2.37. The van der Waals surface area contributed by atoms with Crippen molar-refractivity contribution in [3.8, 4) is 5.69 Å². The highest BCUT2D eigenvalue weighted by atomic mass is 16.7. The number of carbonyl (C=O) groups excluding carboxylic acids is 1. The fraction of sp³-hybridized carbons (Fsp3) is 0.444. The quantitative estimate of drug-likeness (QED) is 0.848. The normalized spacial score (nSPS) is 19.8. The van der Waals surface area contributed by atoms with Gasteiger partial charge in [0.25, 0.3) is 5.91 Å². The summed E-state index contributed by atoms with van der Waals surface area (Å²) in [4.78, 5) is 14.6. The monoisotopic (exact) mass is 327 g/mol. The molecule has 6 heteroatoms. The first-order valence-electron chi connectivity index (χ1n) is 8.36. The topological polar surface area (TPSA) is 56.6 Å². The van der Waals surface area contributed by atoms with Crippen molar-refractivity contribution in [3.05, 3.63) is 47.8 Å². The Morgan fingerprint density at radius 3 is 2.46 bits per heavy atom. The van der Waals surface area contributed by atoms with E-state index in [1.165, 1.54) is 0 Å². The SMILES string of the molecule is Cc1cc(C(=O)N2CCC3(CC2)OCCO3)nn1-c1ccccc1. The molecule has 2 saturated heterocycles. The zero-order valence-electron chi connectivity index (χ0n) is 13.8. The number of carbonyl (C=O) groups is 1. The van der Waals surface area contributed by atoms with Crippen LogP contribution in [-0.4, -0.2) is 52.7 Å². The summed E-state index contributed by atoms with van der Waals surface area (Å²) in [5, 5.41) is 4.51. The Morgan fingerprint density at radius 1 is 1.12 bits per heavy atom. The van der Waals surface area contributed by atoms with Crippen LogP contribution in [0.25, 0.3) is 5.69 Å². The van der Waals surface area contributed by atoms with E-state index in [0.29, 0.717) is 32.0 Å². The summed E-state index contributed by atoms with van der Waals surface area (Å²) in [5.41, 5.74) is 2.39. The highest BCUT2D eigenvalue weighted by molar-refractivity contribution is 5.92. The second-order valence-corrected chi connectivity index (χ2v) is 6.32. The summed E-state index contributed by atoms with van der Waals surface area (Å²) < 4.78 is 13.2. The molecule has 0 atom stereocenters. The Morgan fingerprint density at radius 2 is 1.79 bits per heavy atom. The summed E-state index contributed by atoms with van der Waals surface area (Å²) in [6, 6.07) is 11.7. The van der Waals surface area contributed by atoms with Crippen molar-refractivity contribution in [1.82, 2.24) is 14.7 Å². The van der Waals surface area contributed by atoms with E-state index < -0.39 is 5.79 Å². The molecule has 0 N–H and O–H groups in total. The number of rotatable bonds is 2. The van der Waals surface area contributed by atoms with E-state index in [1.807, 2.05) is 52.9 Å². The second kappa shape index (κ2) is 6.03. The zero-order valence-corrected chi connectivity index (χ0v) is 13.8. The van der Waals surface area contributed by atoms with Crippen LogP contribution in [0.2, 0.25) is 0 Å². The lowest BCUT2D eigenvalue weighted by Crippen LogP contribution is -2.47. The summed E-state index contributed by atoms with van der Waals surface area (Å²) in [7, 11) is 0. The maximum absolute atomic E-state index is 12.8. The smallest absolute Gasteiger partial charge is 0.274 e. The van der Waals surface area contributed by atoms with E-state index in [2.05, 4.69) is 5.10 Å². The maximum atomic E-state index is 12.8. The van der Waals surface area contributed by atoms with Gasteiger partial charge in [-0.25, -0.2) is 4.68 Å². The Bertz CT molecular complexity index is 725. The first-order chi connectivity index (χ1) is 11.7. The molecule has 1 aromatic heterocycles. The number of benzene rings is 1. The van der Waals surface area contributed by atoms with Crippen molar-refractivity contribution in [2.75, 3.05) is 26.3 Å². The number of nitrogens with zero attached hydrogens (tertiary/aromatic N) is 3. The van der Waals surface area contributed by atoms with Crippen LogP contribution in [-0.2, 0) is 9.47 Å². The number of hydrogen-bond acceptors (Lipinski definition) is 4. The van der Waals surface area contributed by atoms with Crippen molar-refractivity contribution in [1.29, 1.82) is 0 Å². The predicted octanol–water partition coefficient (Wildman–Crippen LogP) is 2.16. The molecule has 0 unspecified atom stereocenters. The first-order valence-corrected chi connectivity index (χ1v) is 8.36. The fourth-order valence-corrected chi connectivity index (χ4v) is 3.41. The van der Waals surface area contributed by atoms with E-state index in [4.69, 9.17) is 9.47 Å². The molecular weight excluding hydrogens is 306 g/mol. The van der Waals surface area contributed by atoms with Gasteiger partial charge in [0.1, 0.15) is 0 Å². The van der Waals surface area contributed by atoms with Gasteiger partial charge in [0.2, 0.25) is 0 Å². The van der Waals surface area contributed by atoms with Crippen LogP contribution in [0.4, 0.5) is 0 Å². The molecule has 1 spiro atoms. The second-order valence-electron chi connectivity index (χ2n) is 6.32. The highest BCUT2D eigenvalue weighted by Crippen LogP contribution is 2.31. The van der Waals surface area contributed by atoms with Gasteiger partial charge in [0.15, 0.2) is 11.5 Å². The molecule has 126 valence electrons. The van der Waals surface area contributed by atoms with Gasteiger partial charge in [-0.2, -0.15) is 5.10 Å². The van der Waals surface area contributed by atoms with E-state index in [0.717, 1.165) is 24.2 Å². The average Bonchev–Trinajstić information content (AvgIpc) is 3.23. The standard InChI is InChI=1S/C18H21N3O3/c1-14-13-16(19-21(14)15-5-3-2-4-6-15)17(22)20-9-7-18(8-10-20)23-11-12-24-18/h2-6,13H,7-12H2,1H3. The third-order valence-corrected chi connectivity index (χ3v) is 4.73. The molecule has 24 heavy (non-hydrogen) atoms. The molecule has 0 aliphatic carbocycles. The van der Waals surface area contributed by atoms with Crippen LogP contribution in [0.3, 0.4) is 0 Å². The minimum atomic E-state index is -0.462. The molecule has 3 heterocycles. The van der Waals surface area contributed by atoms with E-state index in [1.54, 1.807) is 0 Å². The van der Waals surface area contributed by atoms with Crippen molar-refractivity contribution in [2.45, 2.75) is 25.6 Å². The van der Waals surface area contributed by atoms with Gasteiger partial charge in [-0.1, -0.05) is 18.2 Å². The number of amides is 1. The lowest BCUT2D eigenvalue weighted by atomic mass is 10.0. The van der Waals surface area contributed by atoms with E-state index in [-0.39, 0.29) is 5.91 Å². The number of hydrogen-bond donors (Lipinski definition) is 0. The predicted molar refractivity (Wildman–Crippen MR) is 88.1 cm³/mol. The molecule has 0 bridgehead atoms. The Hall–Kier alpha value is -2.18. The average molecular weight is 327 g/mol. The van der Waals surface area contributed by atoms with Gasteiger partial charge in [-0.3, -0.25) is 4.79 Å². The minimum absolute atomic E-state index is 0.0272. The van der Waals surface area contributed by atoms with Crippen molar-refractivity contribution >= 4 is 5.91 Å². The summed E-state index contributed by atoms with van der Waals surface area (Å²) in [6.45, 7) is 4.53. The lowest BCUT2D eigenvalue weighted by molar-refractivity contribution is -0.181. The molecule has 1 aromatic carbocycles. The summed E-state index contributed by atoms with van der Waals surface area (Å²) >= 11 is 0. The van der Waals surface area contributed by atoms with Crippen molar-refractivity contribution < 1.29 is 14.3 Å². The molecule has 0 radical (unpaired) electrons. The van der Waals surface area contributed by atoms with E-state index >= 15 is 0 Å². The Labute approximate surface area is 141 Å². The Balaban J connectivity index is 1.49. The van der Waals surface area contributed by atoms with Crippen molar-refractivity contribution in [3.63, 3.8) is 0 Å². The molecule has 2 aliphatic heterocycles. The number of aromatic nitrogens is 2. The molecule has 2 aliphatic rings. The molecule has 2 aromatic rings. The van der Waals surface area contributed by atoms with Gasteiger partial charge >= 0.3 is 0 Å². The summed E-state index contributed by atoms with van der Waals surface area (Å²) in [6.07, 6.45) is 1.44. The third-order valence-electron chi connectivity index (χ3n) is 4.73. The molecule has 6 nitrogen and oxygen atoms in total. The summed E-state index contributed by atoms with van der Waals surface area (Å²) in [5.74, 6) is -0.489. The number of ether oxygens (including phenoxy) is 2. The van der Waals surface area contributed by atoms with Gasteiger partial charge in [-0.05, 0) is 25.1 Å². The number of likely N-dealkylation sites (tertiary alicyclic amines) is 1. The highest BCUT2D eigenvalue weighted by Gasteiger charge is 2.41. The molecule has 2 fully saturated rings. The van der Waals surface area contributed by atoms with Gasteiger partial charge in [0.05, 0.1) is 18.9 Å². The van der Waals surface area contributed by atoms with Gasteiger partial charge < -0.3 is 14.4 Å². The molecular formula is C18H21N3O3. The third kappa shape index (κ3) is 2.72. The number of para-hydroxylation sites is 1. The van der Waals surface area contributed by atoms with Crippen LogP contribution < -0.4 is 0 Å². The fourth-order valence-electron chi connectivity index (χ4n) is 3.41. The molecule has 4 rings (SSSR count). The minimum Gasteiger partial charge on any atom is -0.347 e. The van der Waals surface area contributed by atoms with Crippen LogP contribution in [0.1, 0.15) is 29.0 Å². The van der Waals surface area contributed by atoms with E-state index in [9.17, 15) is 4.79 Å². The van der Waals surface area contributed by atoms with Crippen LogP contribution in [0, 0.1) is 6.92 Å². The van der Waals surface area contributed by atoms with Crippen LogP contribution >= 0.6 is 0 Å². The van der Waals surface area contributed by atoms with Gasteiger partial charge in [0, 0.05) is 31.6 Å². The van der Waals surface area contributed by atoms with Gasteiger partial charge in [-0.15, -0.1) is 0 Å². The van der Waals surface area contributed by atoms with Crippen LogP contribution in [0.15, 0.2) is 36.4 Å². The Kier molecular flexibility index (Phi) is 3.86. The number of aryl methyl sites for hydroxylation is 1. The van der Waals surface area contributed by atoms with Crippen molar-refractivity contribution in [2.24, 2.45) is 0 Å². The molecule has 0 saturated carbocycles. The number of piperidine rings is 1. The maximum Gasteiger partial charge on any atom is 0.274 e. The molecule has 1 amide bonds. The zero-order chi connectivity index (χ0) is 16.6. The first kappa shape index (κ1) is 15.4. The van der Waals surface area contributed by atoms with Crippen LogP contribution in [0.5, 0.6) is 0 Å².